The molecule has 0 radical (unpaired) electrons. The summed E-state index contributed by atoms with van der Waals surface area (Å²) in [5.41, 5.74) is 7.26. The molecule has 2 rings (SSSR count). The number of imidazole rings is 1. The average molecular weight is 257 g/mol. The number of carbonyl (C=O) groups is 2. The number of benzene rings is 1. The molecule has 0 aliphatic rings. The maximum absolute atomic E-state index is 10.8. The monoisotopic (exact) mass is 257 g/mol. The van der Waals surface area contributed by atoms with E-state index in [0.717, 1.165) is 17.4 Å². The van der Waals surface area contributed by atoms with Gasteiger partial charge in [-0.2, -0.15) is 0 Å². The van der Waals surface area contributed by atoms with Crippen molar-refractivity contribution < 1.29 is 9.59 Å². The van der Waals surface area contributed by atoms with Crippen molar-refractivity contribution in [3.63, 3.8) is 0 Å². The second-order valence-corrected chi connectivity index (χ2v) is 4.31. The summed E-state index contributed by atoms with van der Waals surface area (Å²) in [5.74, 6) is 0.121. The van der Waals surface area contributed by atoms with Crippen LogP contribution in [0.5, 0.6) is 0 Å². The summed E-state index contributed by atoms with van der Waals surface area (Å²) in [5, 5.41) is 0. The molecule has 2 aromatic rings. The molecule has 0 unspecified atom stereocenters. The summed E-state index contributed by atoms with van der Waals surface area (Å²) in [6, 6.07) is 7.89. The minimum atomic E-state index is -0.293. The Hall–Kier alpha value is -2.43. The van der Waals surface area contributed by atoms with E-state index in [1.54, 1.807) is 17.0 Å². The van der Waals surface area contributed by atoms with E-state index in [-0.39, 0.29) is 5.91 Å². The fourth-order valence-electron chi connectivity index (χ4n) is 1.85. The molecular formula is C14H15N3O2. The van der Waals surface area contributed by atoms with Crippen LogP contribution in [0.15, 0.2) is 36.7 Å². The van der Waals surface area contributed by atoms with Gasteiger partial charge in [-0.1, -0.05) is 24.3 Å². The van der Waals surface area contributed by atoms with Gasteiger partial charge in [-0.15, -0.1) is 0 Å². The van der Waals surface area contributed by atoms with Crippen LogP contribution in [0.25, 0.3) is 0 Å². The first-order valence-corrected chi connectivity index (χ1v) is 6.01. The van der Waals surface area contributed by atoms with Crippen LogP contribution in [0.2, 0.25) is 0 Å². The van der Waals surface area contributed by atoms with Crippen molar-refractivity contribution in [3.05, 3.63) is 53.6 Å². The Morgan fingerprint density at radius 1 is 1.26 bits per heavy atom. The van der Waals surface area contributed by atoms with Crippen LogP contribution in [0, 0.1) is 0 Å². The normalized spacial score (nSPS) is 10.3. The largest absolute Gasteiger partial charge is 0.370 e. The molecule has 1 amide bonds. The van der Waals surface area contributed by atoms with Crippen LogP contribution in [0.4, 0.5) is 0 Å². The van der Waals surface area contributed by atoms with Crippen molar-refractivity contribution in [1.82, 2.24) is 9.55 Å². The van der Waals surface area contributed by atoms with Gasteiger partial charge in [0.25, 0.3) is 0 Å². The molecule has 0 bridgehead atoms. The van der Waals surface area contributed by atoms with Gasteiger partial charge in [0.2, 0.25) is 5.91 Å². The second-order valence-electron chi connectivity index (χ2n) is 4.31. The Morgan fingerprint density at radius 2 is 1.95 bits per heavy atom. The number of amides is 1. The smallest absolute Gasteiger partial charge is 0.217 e. The molecule has 0 atom stereocenters. The van der Waals surface area contributed by atoms with Gasteiger partial charge >= 0.3 is 0 Å². The van der Waals surface area contributed by atoms with E-state index < -0.39 is 0 Å². The first-order valence-electron chi connectivity index (χ1n) is 6.01. The number of primary amides is 1. The van der Waals surface area contributed by atoms with Crippen LogP contribution in [-0.4, -0.2) is 21.7 Å². The number of aryl methyl sites for hydroxylation is 1. The SMILES string of the molecule is NC(=O)CCc1ccc(Cn2ccnc2C=O)cc1. The van der Waals surface area contributed by atoms with E-state index in [2.05, 4.69) is 4.98 Å². The molecule has 98 valence electrons. The minimum Gasteiger partial charge on any atom is -0.370 e. The molecule has 0 aliphatic heterocycles. The van der Waals surface area contributed by atoms with Crippen molar-refractivity contribution in [3.8, 4) is 0 Å². The number of carbonyl (C=O) groups excluding carboxylic acids is 2. The highest BCUT2D eigenvalue weighted by atomic mass is 16.1. The van der Waals surface area contributed by atoms with Crippen LogP contribution < -0.4 is 5.73 Å². The molecule has 5 heteroatoms. The lowest BCUT2D eigenvalue weighted by molar-refractivity contribution is -0.117. The third kappa shape index (κ3) is 3.51. The summed E-state index contributed by atoms with van der Waals surface area (Å²) in [7, 11) is 0. The molecule has 0 saturated heterocycles. The van der Waals surface area contributed by atoms with Crippen molar-refractivity contribution >= 4 is 12.2 Å². The zero-order valence-electron chi connectivity index (χ0n) is 10.5. The summed E-state index contributed by atoms with van der Waals surface area (Å²) in [6.45, 7) is 0.601. The van der Waals surface area contributed by atoms with Gasteiger partial charge in [-0.25, -0.2) is 4.98 Å². The zero-order chi connectivity index (χ0) is 13.7. The summed E-state index contributed by atoms with van der Waals surface area (Å²) in [4.78, 5) is 25.4. The van der Waals surface area contributed by atoms with E-state index in [1.807, 2.05) is 24.3 Å². The van der Waals surface area contributed by atoms with Crippen LogP contribution in [0.3, 0.4) is 0 Å². The molecule has 0 fully saturated rings. The van der Waals surface area contributed by atoms with Crippen LogP contribution in [-0.2, 0) is 17.8 Å². The van der Waals surface area contributed by atoms with E-state index in [1.165, 1.54) is 0 Å². The van der Waals surface area contributed by atoms with Crippen molar-refractivity contribution in [2.24, 2.45) is 5.73 Å². The van der Waals surface area contributed by atoms with Gasteiger partial charge in [0.1, 0.15) is 0 Å². The van der Waals surface area contributed by atoms with Crippen LogP contribution >= 0.6 is 0 Å². The topological polar surface area (TPSA) is 78.0 Å². The Labute approximate surface area is 111 Å². The molecule has 0 aliphatic carbocycles. The summed E-state index contributed by atoms with van der Waals surface area (Å²) >= 11 is 0. The van der Waals surface area contributed by atoms with Crippen molar-refractivity contribution in [2.45, 2.75) is 19.4 Å². The first kappa shape index (κ1) is 13.0. The number of aromatic nitrogens is 2. The third-order valence-corrected chi connectivity index (χ3v) is 2.89. The Morgan fingerprint density at radius 3 is 2.58 bits per heavy atom. The Bertz CT molecular complexity index is 573. The number of hydrogen-bond acceptors (Lipinski definition) is 3. The van der Waals surface area contributed by atoms with Gasteiger partial charge in [-0.3, -0.25) is 9.59 Å². The van der Waals surface area contributed by atoms with Gasteiger partial charge < -0.3 is 10.3 Å². The lowest BCUT2D eigenvalue weighted by atomic mass is 10.1. The molecule has 1 heterocycles. The number of nitrogens with two attached hydrogens (primary N) is 1. The highest BCUT2D eigenvalue weighted by Crippen LogP contribution is 2.09. The maximum Gasteiger partial charge on any atom is 0.217 e. The van der Waals surface area contributed by atoms with E-state index in [0.29, 0.717) is 25.2 Å². The second kappa shape index (κ2) is 5.95. The molecule has 0 spiro atoms. The number of nitrogens with zero attached hydrogens (tertiary/aromatic N) is 2. The predicted molar refractivity (Wildman–Crippen MR) is 70.7 cm³/mol. The lowest BCUT2D eigenvalue weighted by Gasteiger charge is -2.06. The van der Waals surface area contributed by atoms with E-state index >= 15 is 0 Å². The standard InChI is InChI=1S/C14H15N3O2/c15-13(19)6-5-11-1-3-12(4-2-11)9-17-8-7-16-14(17)10-18/h1-4,7-8,10H,5-6,9H2,(H2,15,19). The first-order chi connectivity index (χ1) is 9.19. The number of rotatable bonds is 6. The molecule has 19 heavy (non-hydrogen) atoms. The molecule has 1 aromatic carbocycles. The van der Waals surface area contributed by atoms with Crippen LogP contribution in [0.1, 0.15) is 28.2 Å². The Balaban J connectivity index is 2.02. The van der Waals surface area contributed by atoms with Crippen molar-refractivity contribution in [1.29, 1.82) is 0 Å². The molecule has 2 N–H and O–H groups in total. The fourth-order valence-corrected chi connectivity index (χ4v) is 1.85. The van der Waals surface area contributed by atoms with E-state index in [9.17, 15) is 9.59 Å². The molecular weight excluding hydrogens is 242 g/mol. The maximum atomic E-state index is 10.8. The Kier molecular flexibility index (Phi) is 4.07. The predicted octanol–water partition coefficient (Wildman–Crippen LogP) is 1.16. The fraction of sp³-hybridized carbons (Fsp3) is 0.214. The van der Waals surface area contributed by atoms with Crippen molar-refractivity contribution in [2.75, 3.05) is 0 Å². The highest BCUT2D eigenvalue weighted by Gasteiger charge is 2.02. The average Bonchev–Trinajstić information content (AvgIpc) is 2.85. The van der Waals surface area contributed by atoms with Gasteiger partial charge in [0.05, 0.1) is 0 Å². The lowest BCUT2D eigenvalue weighted by Crippen LogP contribution is -2.11. The molecule has 5 nitrogen and oxygen atoms in total. The number of hydrogen-bond donors (Lipinski definition) is 1. The minimum absolute atomic E-state index is 0.293. The molecule has 0 saturated carbocycles. The summed E-state index contributed by atoms with van der Waals surface area (Å²) < 4.78 is 1.78. The zero-order valence-corrected chi connectivity index (χ0v) is 10.5. The van der Waals surface area contributed by atoms with Gasteiger partial charge in [-0.05, 0) is 17.5 Å². The van der Waals surface area contributed by atoms with Gasteiger partial charge in [0.15, 0.2) is 12.1 Å². The number of aldehydes is 1. The van der Waals surface area contributed by atoms with E-state index in [4.69, 9.17) is 5.73 Å². The quantitative estimate of drug-likeness (QED) is 0.789. The third-order valence-electron chi connectivity index (χ3n) is 2.89. The van der Waals surface area contributed by atoms with Gasteiger partial charge in [0, 0.05) is 25.4 Å². The molecule has 1 aromatic heterocycles. The summed E-state index contributed by atoms with van der Waals surface area (Å²) in [6.07, 6.45) is 5.12. The highest BCUT2D eigenvalue weighted by molar-refractivity contribution is 5.74.